The quantitative estimate of drug-likeness (QED) is 0.676. The fourth-order valence-electron chi connectivity index (χ4n) is 1.78. The summed E-state index contributed by atoms with van der Waals surface area (Å²) in [7, 11) is 1.56. The van der Waals surface area contributed by atoms with Gasteiger partial charge in [0.2, 0.25) is 5.88 Å². The van der Waals surface area contributed by atoms with Crippen LogP contribution in [-0.2, 0) is 6.54 Å². The van der Waals surface area contributed by atoms with Gasteiger partial charge in [0.25, 0.3) is 0 Å². The van der Waals surface area contributed by atoms with Gasteiger partial charge < -0.3 is 4.74 Å². The molecule has 3 aromatic rings. The molecule has 0 unspecified atom stereocenters. The molecule has 0 amide bonds. The van der Waals surface area contributed by atoms with E-state index in [2.05, 4.69) is 15.1 Å². The number of rotatable bonds is 3. The Morgan fingerprint density at radius 1 is 1.32 bits per heavy atom. The number of ether oxygens (including phenoxy) is 1. The average Bonchev–Trinajstić information content (AvgIpc) is 2.77. The Labute approximate surface area is 108 Å². The highest BCUT2D eigenvalue weighted by molar-refractivity contribution is 5.32. The van der Waals surface area contributed by atoms with Crippen LogP contribution in [0.4, 0.5) is 0 Å². The van der Waals surface area contributed by atoms with E-state index >= 15 is 0 Å². The number of hydrogen-bond donors (Lipinski definition) is 0. The SMILES string of the molecule is COc1ccc(Cn2nc3cnccn3c2=O)cn1. The van der Waals surface area contributed by atoms with Gasteiger partial charge in [-0.2, -0.15) is 0 Å². The molecule has 0 saturated carbocycles. The van der Waals surface area contributed by atoms with Gasteiger partial charge in [0.15, 0.2) is 5.65 Å². The Morgan fingerprint density at radius 2 is 2.21 bits per heavy atom. The summed E-state index contributed by atoms with van der Waals surface area (Å²) in [5.74, 6) is 0.537. The monoisotopic (exact) mass is 257 g/mol. The lowest BCUT2D eigenvalue weighted by molar-refractivity contribution is 0.397. The van der Waals surface area contributed by atoms with Crippen LogP contribution in [0.15, 0.2) is 41.7 Å². The minimum atomic E-state index is -0.201. The molecule has 0 aliphatic carbocycles. The number of fused-ring (bicyclic) bond motifs is 1. The highest BCUT2D eigenvalue weighted by Crippen LogP contribution is 2.07. The van der Waals surface area contributed by atoms with Gasteiger partial charge >= 0.3 is 5.69 Å². The molecule has 0 aliphatic rings. The lowest BCUT2D eigenvalue weighted by Gasteiger charge is -2.01. The Kier molecular flexibility index (Phi) is 2.71. The predicted octanol–water partition coefficient (Wildman–Crippen LogP) is 0.343. The first-order valence-corrected chi connectivity index (χ1v) is 5.66. The number of methoxy groups -OCH3 is 1. The fourth-order valence-corrected chi connectivity index (χ4v) is 1.78. The average molecular weight is 257 g/mol. The minimum Gasteiger partial charge on any atom is -0.481 e. The molecule has 96 valence electrons. The lowest BCUT2D eigenvalue weighted by Crippen LogP contribution is -2.21. The van der Waals surface area contributed by atoms with Crippen molar-refractivity contribution in [1.82, 2.24) is 24.1 Å². The Hall–Kier alpha value is -2.70. The third-order valence-corrected chi connectivity index (χ3v) is 2.73. The first kappa shape index (κ1) is 11.4. The fraction of sp³-hybridized carbons (Fsp3) is 0.167. The van der Waals surface area contributed by atoms with Crippen molar-refractivity contribution in [2.24, 2.45) is 0 Å². The van der Waals surface area contributed by atoms with Crippen molar-refractivity contribution in [3.8, 4) is 5.88 Å². The molecular formula is C12H11N5O2. The van der Waals surface area contributed by atoms with E-state index in [1.807, 2.05) is 6.07 Å². The summed E-state index contributed by atoms with van der Waals surface area (Å²) in [5.41, 5.74) is 1.20. The Bertz CT molecular complexity index is 760. The third-order valence-electron chi connectivity index (χ3n) is 2.73. The molecule has 0 N–H and O–H groups in total. The van der Waals surface area contributed by atoms with Crippen LogP contribution < -0.4 is 10.4 Å². The second-order valence-corrected chi connectivity index (χ2v) is 3.95. The molecule has 0 saturated heterocycles. The third kappa shape index (κ3) is 2.05. The van der Waals surface area contributed by atoms with Crippen LogP contribution in [-0.4, -0.2) is 31.3 Å². The summed E-state index contributed by atoms with van der Waals surface area (Å²) in [6.07, 6.45) is 6.35. The Balaban J connectivity index is 1.96. The number of pyridine rings is 1. The van der Waals surface area contributed by atoms with Crippen LogP contribution in [0, 0.1) is 0 Å². The largest absolute Gasteiger partial charge is 0.481 e. The van der Waals surface area contributed by atoms with Crippen molar-refractivity contribution in [2.75, 3.05) is 7.11 Å². The maximum atomic E-state index is 12.0. The number of aromatic nitrogens is 5. The number of hydrogen-bond acceptors (Lipinski definition) is 5. The zero-order chi connectivity index (χ0) is 13.2. The zero-order valence-electron chi connectivity index (χ0n) is 10.2. The summed E-state index contributed by atoms with van der Waals surface area (Å²) in [6.45, 7) is 0.359. The zero-order valence-corrected chi connectivity index (χ0v) is 10.2. The molecule has 3 rings (SSSR count). The second kappa shape index (κ2) is 4.52. The smallest absolute Gasteiger partial charge is 0.350 e. The van der Waals surface area contributed by atoms with Crippen molar-refractivity contribution in [3.63, 3.8) is 0 Å². The molecule has 0 bridgehead atoms. The summed E-state index contributed by atoms with van der Waals surface area (Å²) in [5, 5.41) is 4.20. The van der Waals surface area contributed by atoms with Gasteiger partial charge in [-0.3, -0.25) is 4.98 Å². The van der Waals surface area contributed by atoms with Crippen molar-refractivity contribution in [2.45, 2.75) is 6.54 Å². The summed E-state index contributed by atoms with van der Waals surface area (Å²) in [4.78, 5) is 20.1. The maximum Gasteiger partial charge on any atom is 0.350 e. The highest BCUT2D eigenvalue weighted by atomic mass is 16.5. The van der Waals surface area contributed by atoms with E-state index in [1.165, 1.54) is 9.08 Å². The molecule has 0 radical (unpaired) electrons. The van der Waals surface area contributed by atoms with Crippen molar-refractivity contribution < 1.29 is 4.74 Å². The van der Waals surface area contributed by atoms with Crippen molar-refractivity contribution >= 4 is 5.65 Å². The molecule has 3 aromatic heterocycles. The van der Waals surface area contributed by atoms with Crippen LogP contribution in [0.1, 0.15) is 5.56 Å². The van der Waals surface area contributed by atoms with Gasteiger partial charge in [-0.1, -0.05) is 6.07 Å². The van der Waals surface area contributed by atoms with Gasteiger partial charge in [-0.15, -0.1) is 5.10 Å². The first-order valence-electron chi connectivity index (χ1n) is 5.66. The van der Waals surface area contributed by atoms with Gasteiger partial charge in [0, 0.05) is 24.7 Å². The van der Waals surface area contributed by atoms with Crippen LogP contribution in [0.2, 0.25) is 0 Å². The van der Waals surface area contributed by atoms with Crippen molar-refractivity contribution in [3.05, 3.63) is 53.0 Å². The molecule has 0 fully saturated rings. The molecule has 0 spiro atoms. The van der Waals surface area contributed by atoms with Gasteiger partial charge in [-0.05, 0) is 5.56 Å². The van der Waals surface area contributed by atoms with E-state index in [0.29, 0.717) is 18.1 Å². The molecule has 0 aromatic carbocycles. The molecule has 3 heterocycles. The lowest BCUT2D eigenvalue weighted by atomic mass is 10.3. The standard InChI is InChI=1S/C12H11N5O2/c1-19-11-3-2-9(6-14-11)8-17-12(18)16-5-4-13-7-10(16)15-17/h2-7H,8H2,1H3. The van der Waals surface area contributed by atoms with Gasteiger partial charge in [0.05, 0.1) is 19.9 Å². The van der Waals surface area contributed by atoms with Gasteiger partial charge in [-0.25, -0.2) is 18.9 Å². The molecule has 19 heavy (non-hydrogen) atoms. The predicted molar refractivity (Wildman–Crippen MR) is 67.1 cm³/mol. The van der Waals surface area contributed by atoms with Crippen LogP contribution in [0.25, 0.3) is 5.65 Å². The van der Waals surface area contributed by atoms with Crippen LogP contribution in [0.5, 0.6) is 5.88 Å². The normalized spacial score (nSPS) is 10.8. The molecular weight excluding hydrogens is 246 g/mol. The van der Waals surface area contributed by atoms with Gasteiger partial charge in [0.1, 0.15) is 0 Å². The highest BCUT2D eigenvalue weighted by Gasteiger charge is 2.07. The molecule has 0 atom stereocenters. The van der Waals surface area contributed by atoms with Crippen molar-refractivity contribution in [1.29, 1.82) is 0 Å². The topological polar surface area (TPSA) is 74.3 Å². The van der Waals surface area contributed by atoms with E-state index in [0.717, 1.165) is 5.56 Å². The summed E-state index contributed by atoms with van der Waals surface area (Å²) < 4.78 is 7.81. The maximum absolute atomic E-state index is 12.0. The first-order chi connectivity index (χ1) is 9.28. The molecule has 7 heteroatoms. The number of nitrogens with zero attached hydrogens (tertiary/aromatic N) is 5. The Morgan fingerprint density at radius 3 is 2.89 bits per heavy atom. The van der Waals surface area contributed by atoms with E-state index < -0.39 is 0 Å². The second-order valence-electron chi connectivity index (χ2n) is 3.95. The van der Waals surface area contributed by atoms with Crippen LogP contribution in [0.3, 0.4) is 0 Å². The van der Waals surface area contributed by atoms with E-state index in [4.69, 9.17) is 4.74 Å². The van der Waals surface area contributed by atoms with E-state index in [-0.39, 0.29) is 5.69 Å². The summed E-state index contributed by atoms with van der Waals surface area (Å²) >= 11 is 0. The summed E-state index contributed by atoms with van der Waals surface area (Å²) in [6, 6.07) is 3.60. The van der Waals surface area contributed by atoms with E-state index in [1.54, 1.807) is 38.0 Å². The van der Waals surface area contributed by atoms with Crippen LogP contribution >= 0.6 is 0 Å². The molecule has 0 aliphatic heterocycles. The van der Waals surface area contributed by atoms with E-state index in [9.17, 15) is 4.79 Å². The molecule has 7 nitrogen and oxygen atoms in total. The minimum absolute atomic E-state index is 0.201.